The number of thioether (sulfide) groups is 1. The summed E-state index contributed by atoms with van der Waals surface area (Å²) in [6, 6.07) is 10.2. The molecule has 3 aromatic rings. The van der Waals surface area contributed by atoms with Crippen LogP contribution in [0.1, 0.15) is 40.6 Å². The Morgan fingerprint density at radius 3 is 2.29 bits per heavy atom. The molecule has 0 unspecified atom stereocenters. The van der Waals surface area contributed by atoms with Crippen molar-refractivity contribution < 1.29 is 9.53 Å². The van der Waals surface area contributed by atoms with E-state index >= 15 is 0 Å². The van der Waals surface area contributed by atoms with Gasteiger partial charge in [0, 0.05) is 12.2 Å². The van der Waals surface area contributed by atoms with Crippen LogP contribution in [0.3, 0.4) is 0 Å². The maximum absolute atomic E-state index is 12.6. The fourth-order valence-electron chi connectivity index (χ4n) is 3.70. The average Bonchev–Trinajstić information content (AvgIpc) is 3.10. The molecule has 0 aliphatic rings. The minimum Gasteiger partial charge on any atom is -0.485 e. The molecule has 1 aromatic heterocycles. The van der Waals surface area contributed by atoms with Gasteiger partial charge in [0.1, 0.15) is 12.4 Å². The zero-order valence-corrected chi connectivity index (χ0v) is 19.9. The Bertz CT molecular complexity index is 1050. The highest BCUT2D eigenvalue weighted by Crippen LogP contribution is 2.25. The summed E-state index contributed by atoms with van der Waals surface area (Å²) in [5.74, 6) is 1.84. The average molecular weight is 439 g/mol. The molecule has 0 spiro atoms. The van der Waals surface area contributed by atoms with Crippen molar-refractivity contribution in [1.82, 2.24) is 14.8 Å². The van der Waals surface area contributed by atoms with Gasteiger partial charge in [-0.05, 0) is 63.8 Å². The predicted octanol–water partition coefficient (Wildman–Crippen LogP) is 5.15. The molecule has 0 bridgehead atoms. The Labute approximate surface area is 188 Å². The number of nitrogens with zero attached hydrogens (tertiary/aromatic N) is 3. The minimum absolute atomic E-state index is 0.0564. The highest BCUT2D eigenvalue weighted by Gasteiger charge is 2.15. The van der Waals surface area contributed by atoms with Gasteiger partial charge < -0.3 is 14.6 Å². The van der Waals surface area contributed by atoms with E-state index in [4.69, 9.17) is 4.74 Å². The number of benzene rings is 2. The van der Waals surface area contributed by atoms with Crippen LogP contribution in [-0.2, 0) is 17.9 Å². The first kappa shape index (κ1) is 22.9. The molecule has 0 fully saturated rings. The largest absolute Gasteiger partial charge is 0.485 e. The first-order valence-corrected chi connectivity index (χ1v) is 11.4. The van der Waals surface area contributed by atoms with Crippen molar-refractivity contribution in [3.05, 3.63) is 64.0 Å². The van der Waals surface area contributed by atoms with Crippen molar-refractivity contribution in [2.45, 2.75) is 59.9 Å². The van der Waals surface area contributed by atoms with Crippen LogP contribution >= 0.6 is 11.8 Å². The summed E-state index contributed by atoms with van der Waals surface area (Å²) in [6.07, 6.45) is 0. The van der Waals surface area contributed by atoms with Crippen molar-refractivity contribution >= 4 is 23.4 Å². The topological polar surface area (TPSA) is 69.0 Å². The van der Waals surface area contributed by atoms with Crippen LogP contribution in [0.15, 0.2) is 35.5 Å². The van der Waals surface area contributed by atoms with Gasteiger partial charge in [0.15, 0.2) is 11.0 Å². The third-order valence-electron chi connectivity index (χ3n) is 5.14. The minimum atomic E-state index is -0.0564. The molecule has 0 saturated carbocycles. The molecular weight excluding hydrogens is 408 g/mol. The predicted molar refractivity (Wildman–Crippen MR) is 126 cm³/mol. The lowest BCUT2D eigenvalue weighted by Gasteiger charge is -2.13. The van der Waals surface area contributed by atoms with Crippen molar-refractivity contribution in [2.24, 2.45) is 0 Å². The van der Waals surface area contributed by atoms with Gasteiger partial charge in [0.2, 0.25) is 5.91 Å². The number of aryl methyl sites for hydroxylation is 5. The molecule has 1 heterocycles. The molecule has 2 aromatic carbocycles. The Hall–Kier alpha value is -2.80. The van der Waals surface area contributed by atoms with Crippen LogP contribution in [0.4, 0.5) is 5.69 Å². The van der Waals surface area contributed by atoms with Gasteiger partial charge >= 0.3 is 0 Å². The maximum Gasteiger partial charge on any atom is 0.234 e. The first-order chi connectivity index (χ1) is 14.8. The zero-order valence-electron chi connectivity index (χ0n) is 19.1. The Morgan fingerprint density at radius 2 is 1.68 bits per heavy atom. The van der Waals surface area contributed by atoms with E-state index < -0.39 is 0 Å². The van der Waals surface area contributed by atoms with Gasteiger partial charge in [0.05, 0.1) is 5.75 Å². The number of aromatic nitrogens is 3. The first-order valence-electron chi connectivity index (χ1n) is 10.4. The highest BCUT2D eigenvalue weighted by molar-refractivity contribution is 7.99. The Kier molecular flexibility index (Phi) is 7.38. The number of para-hydroxylation sites is 1. The van der Waals surface area contributed by atoms with Gasteiger partial charge in [0.25, 0.3) is 0 Å². The van der Waals surface area contributed by atoms with E-state index in [-0.39, 0.29) is 11.7 Å². The normalized spacial score (nSPS) is 10.9. The second-order valence-corrected chi connectivity index (χ2v) is 8.71. The van der Waals surface area contributed by atoms with Crippen LogP contribution in [-0.4, -0.2) is 26.4 Å². The summed E-state index contributed by atoms with van der Waals surface area (Å²) in [7, 11) is 0. The summed E-state index contributed by atoms with van der Waals surface area (Å²) in [6.45, 7) is 13.2. The smallest absolute Gasteiger partial charge is 0.234 e. The van der Waals surface area contributed by atoms with E-state index in [1.807, 2.05) is 57.4 Å². The lowest BCUT2D eigenvalue weighted by Crippen LogP contribution is -2.16. The van der Waals surface area contributed by atoms with E-state index in [0.717, 1.165) is 44.7 Å². The number of rotatable bonds is 8. The summed E-state index contributed by atoms with van der Waals surface area (Å²) in [5, 5.41) is 12.3. The number of carbonyl (C=O) groups is 1. The molecule has 0 aliphatic heterocycles. The third-order valence-corrected chi connectivity index (χ3v) is 6.10. The molecule has 0 aliphatic carbocycles. The van der Waals surface area contributed by atoms with Crippen LogP contribution in [0.25, 0.3) is 0 Å². The molecule has 0 atom stereocenters. The van der Waals surface area contributed by atoms with Crippen molar-refractivity contribution in [2.75, 3.05) is 11.1 Å². The van der Waals surface area contributed by atoms with E-state index in [0.29, 0.717) is 13.2 Å². The molecule has 31 heavy (non-hydrogen) atoms. The van der Waals surface area contributed by atoms with Gasteiger partial charge in [-0.2, -0.15) is 0 Å². The third kappa shape index (κ3) is 5.47. The SMILES string of the molecule is CCn1c(COc2c(C)cccc2C)nnc1SCC(=O)Nc1c(C)cc(C)cc1C. The highest BCUT2D eigenvalue weighted by atomic mass is 32.2. The Morgan fingerprint density at radius 1 is 1.03 bits per heavy atom. The summed E-state index contributed by atoms with van der Waals surface area (Å²) >= 11 is 1.38. The number of carbonyl (C=O) groups excluding carboxylic acids is 1. The number of amides is 1. The number of nitrogens with one attached hydrogen (secondary N) is 1. The molecule has 164 valence electrons. The monoisotopic (exact) mass is 438 g/mol. The summed E-state index contributed by atoms with van der Waals surface area (Å²) in [5.41, 5.74) is 6.40. The van der Waals surface area contributed by atoms with Crippen LogP contribution < -0.4 is 10.1 Å². The molecule has 1 amide bonds. The van der Waals surface area contributed by atoms with Crippen molar-refractivity contribution in [3.63, 3.8) is 0 Å². The van der Waals surface area contributed by atoms with E-state index in [1.54, 1.807) is 0 Å². The second kappa shape index (κ2) is 10.0. The second-order valence-electron chi connectivity index (χ2n) is 7.76. The molecule has 0 saturated heterocycles. The van der Waals surface area contributed by atoms with E-state index in [1.165, 1.54) is 17.3 Å². The number of ether oxygens (including phenoxy) is 1. The van der Waals surface area contributed by atoms with E-state index in [2.05, 4.69) is 34.6 Å². The van der Waals surface area contributed by atoms with E-state index in [9.17, 15) is 4.79 Å². The molecule has 0 radical (unpaired) electrons. The quantitative estimate of drug-likeness (QED) is 0.493. The summed E-state index contributed by atoms with van der Waals surface area (Å²) < 4.78 is 8.03. The van der Waals surface area contributed by atoms with Gasteiger partial charge in [-0.15, -0.1) is 10.2 Å². The molecular formula is C24H30N4O2S. The van der Waals surface area contributed by atoms with Gasteiger partial charge in [-0.25, -0.2) is 0 Å². The fraction of sp³-hybridized carbons (Fsp3) is 0.375. The molecule has 3 rings (SSSR count). The lowest BCUT2D eigenvalue weighted by molar-refractivity contribution is -0.113. The summed E-state index contributed by atoms with van der Waals surface area (Å²) in [4.78, 5) is 12.6. The van der Waals surface area contributed by atoms with Crippen LogP contribution in [0.5, 0.6) is 5.75 Å². The number of anilines is 1. The molecule has 7 heteroatoms. The number of hydrogen-bond acceptors (Lipinski definition) is 5. The fourth-order valence-corrected chi connectivity index (χ4v) is 4.52. The Balaban J connectivity index is 1.64. The van der Waals surface area contributed by atoms with Crippen molar-refractivity contribution in [1.29, 1.82) is 0 Å². The maximum atomic E-state index is 12.6. The van der Waals surface area contributed by atoms with Crippen LogP contribution in [0.2, 0.25) is 0 Å². The molecule has 6 nitrogen and oxygen atoms in total. The standard InChI is InChI=1S/C24H30N4O2S/c1-7-28-20(13-30-23-16(3)9-8-10-17(23)4)26-27-24(28)31-14-21(29)25-22-18(5)11-15(2)12-19(22)6/h8-12H,7,13-14H2,1-6H3,(H,25,29). The lowest BCUT2D eigenvalue weighted by atomic mass is 10.1. The number of hydrogen-bond donors (Lipinski definition) is 1. The van der Waals surface area contributed by atoms with Crippen LogP contribution in [0, 0.1) is 34.6 Å². The van der Waals surface area contributed by atoms with Crippen molar-refractivity contribution in [3.8, 4) is 5.75 Å². The molecule has 1 N–H and O–H groups in total. The zero-order chi connectivity index (χ0) is 22.5. The van der Waals surface area contributed by atoms with Gasteiger partial charge in [-0.1, -0.05) is 47.7 Å². The van der Waals surface area contributed by atoms with Gasteiger partial charge in [-0.3, -0.25) is 4.79 Å².